The minimum absolute atomic E-state index is 0.0867. The molecule has 3 N–H and O–H groups in total. The Balaban J connectivity index is 2.31. The summed E-state index contributed by atoms with van der Waals surface area (Å²) in [7, 11) is 0. The molecule has 6 heteroatoms. The molecule has 1 aliphatic heterocycles. The van der Waals surface area contributed by atoms with E-state index in [0.717, 1.165) is 24.5 Å². The van der Waals surface area contributed by atoms with Crippen LogP contribution in [0.3, 0.4) is 0 Å². The molecule has 0 aliphatic carbocycles. The van der Waals surface area contributed by atoms with Crippen LogP contribution in [0.5, 0.6) is 0 Å². The summed E-state index contributed by atoms with van der Waals surface area (Å²) in [6.07, 6.45) is 0.896. The smallest absolute Gasteiger partial charge is 0.242 e. The number of carbonyl (C=O) groups excluding carboxylic acids is 2. The van der Waals surface area contributed by atoms with Crippen LogP contribution in [0, 0.1) is 0 Å². The zero-order chi connectivity index (χ0) is 12.7. The van der Waals surface area contributed by atoms with Crippen molar-refractivity contribution in [1.29, 1.82) is 0 Å². The normalized spacial score (nSPS) is 21.6. The van der Waals surface area contributed by atoms with Crippen molar-refractivity contribution in [2.75, 3.05) is 24.6 Å². The molecule has 2 atom stereocenters. The second-order valence-electron chi connectivity index (χ2n) is 4.10. The minimum Gasteiger partial charge on any atom is -0.354 e. The maximum absolute atomic E-state index is 11.8. The van der Waals surface area contributed by atoms with E-state index in [1.165, 1.54) is 0 Å². The molecule has 5 nitrogen and oxygen atoms in total. The van der Waals surface area contributed by atoms with Crippen LogP contribution in [0.15, 0.2) is 0 Å². The van der Waals surface area contributed by atoms with Gasteiger partial charge in [-0.2, -0.15) is 11.8 Å². The first-order valence-electron chi connectivity index (χ1n) is 6.04. The molecule has 0 aromatic rings. The summed E-state index contributed by atoms with van der Waals surface area (Å²) in [4.78, 5) is 23.4. The number of rotatable bonds is 5. The van der Waals surface area contributed by atoms with Crippen LogP contribution in [0.25, 0.3) is 0 Å². The second kappa shape index (κ2) is 7.55. The zero-order valence-corrected chi connectivity index (χ0v) is 11.2. The molecule has 17 heavy (non-hydrogen) atoms. The molecule has 0 aromatic carbocycles. The molecule has 0 radical (unpaired) electrons. The topological polar surface area (TPSA) is 70.2 Å². The maximum atomic E-state index is 11.8. The molecular weight excluding hydrogens is 238 g/mol. The van der Waals surface area contributed by atoms with E-state index in [9.17, 15) is 9.59 Å². The Labute approximate surface area is 106 Å². The highest BCUT2D eigenvalue weighted by Gasteiger charge is 2.23. The van der Waals surface area contributed by atoms with Crippen LogP contribution in [0.2, 0.25) is 0 Å². The molecular formula is C11H21N3O2S. The summed E-state index contributed by atoms with van der Waals surface area (Å²) in [6, 6.07) is -0.641. The molecule has 1 heterocycles. The third-order valence-electron chi connectivity index (χ3n) is 2.54. The average Bonchev–Trinajstić information content (AvgIpc) is 2.36. The largest absolute Gasteiger partial charge is 0.354 e. The lowest BCUT2D eigenvalue weighted by molar-refractivity contribution is -0.129. The molecule has 0 spiro atoms. The lowest BCUT2D eigenvalue weighted by atomic mass is 10.2. The lowest BCUT2D eigenvalue weighted by Crippen LogP contribution is -2.54. The molecule has 0 bridgehead atoms. The van der Waals surface area contributed by atoms with Crippen molar-refractivity contribution < 1.29 is 9.59 Å². The van der Waals surface area contributed by atoms with E-state index >= 15 is 0 Å². The van der Waals surface area contributed by atoms with Crippen LogP contribution in [0.4, 0.5) is 0 Å². The summed E-state index contributed by atoms with van der Waals surface area (Å²) >= 11 is 1.76. The average molecular weight is 259 g/mol. The van der Waals surface area contributed by atoms with Gasteiger partial charge in [-0.1, -0.05) is 6.92 Å². The van der Waals surface area contributed by atoms with Gasteiger partial charge in [-0.15, -0.1) is 0 Å². The van der Waals surface area contributed by atoms with Crippen molar-refractivity contribution in [3.05, 3.63) is 0 Å². The second-order valence-corrected chi connectivity index (χ2v) is 5.25. The highest BCUT2D eigenvalue weighted by atomic mass is 32.2. The summed E-state index contributed by atoms with van der Waals surface area (Å²) in [6.45, 7) is 5.20. The Hall–Kier alpha value is -0.750. The molecule has 2 amide bonds. The van der Waals surface area contributed by atoms with Crippen molar-refractivity contribution in [2.24, 2.45) is 0 Å². The van der Waals surface area contributed by atoms with E-state index in [0.29, 0.717) is 6.54 Å². The van der Waals surface area contributed by atoms with Gasteiger partial charge in [-0.3, -0.25) is 9.59 Å². The van der Waals surface area contributed by atoms with Crippen LogP contribution >= 0.6 is 11.8 Å². The standard InChI is InChI=1S/C11H21N3O2S/c1-3-4-13-10(15)8(2)14-11(16)9-7-17-6-5-12-9/h8-9,12H,3-7H2,1-2H3,(H,13,15)(H,14,16). The Bertz CT molecular complexity index is 267. The first kappa shape index (κ1) is 14.3. The van der Waals surface area contributed by atoms with Crippen LogP contribution in [-0.4, -0.2) is 48.5 Å². The predicted octanol–water partition coefficient (Wildman–Crippen LogP) is -0.278. The third kappa shape index (κ3) is 4.95. The van der Waals surface area contributed by atoms with E-state index in [1.54, 1.807) is 18.7 Å². The molecule has 2 unspecified atom stereocenters. The van der Waals surface area contributed by atoms with Crippen LogP contribution in [-0.2, 0) is 9.59 Å². The van der Waals surface area contributed by atoms with Gasteiger partial charge in [0.2, 0.25) is 11.8 Å². The van der Waals surface area contributed by atoms with E-state index in [1.807, 2.05) is 6.92 Å². The van der Waals surface area contributed by atoms with Crippen molar-refractivity contribution in [3.8, 4) is 0 Å². The quantitative estimate of drug-likeness (QED) is 0.635. The zero-order valence-electron chi connectivity index (χ0n) is 10.4. The Morgan fingerprint density at radius 1 is 1.53 bits per heavy atom. The highest BCUT2D eigenvalue weighted by Crippen LogP contribution is 2.07. The number of hydrogen-bond donors (Lipinski definition) is 3. The number of amides is 2. The minimum atomic E-state index is -0.470. The van der Waals surface area contributed by atoms with Gasteiger partial charge in [0.1, 0.15) is 6.04 Å². The molecule has 1 rings (SSSR count). The summed E-state index contributed by atoms with van der Waals surface area (Å²) < 4.78 is 0. The van der Waals surface area contributed by atoms with E-state index in [2.05, 4.69) is 16.0 Å². The molecule has 98 valence electrons. The first-order chi connectivity index (χ1) is 8.15. The van der Waals surface area contributed by atoms with Gasteiger partial charge in [0.25, 0.3) is 0 Å². The van der Waals surface area contributed by atoms with Crippen LogP contribution in [0.1, 0.15) is 20.3 Å². The van der Waals surface area contributed by atoms with Crippen molar-refractivity contribution in [1.82, 2.24) is 16.0 Å². The van der Waals surface area contributed by atoms with Gasteiger partial charge in [0.05, 0.1) is 6.04 Å². The molecule has 1 aliphatic rings. The van der Waals surface area contributed by atoms with Crippen molar-refractivity contribution in [2.45, 2.75) is 32.4 Å². The lowest BCUT2D eigenvalue weighted by Gasteiger charge is -2.24. The van der Waals surface area contributed by atoms with E-state index < -0.39 is 6.04 Å². The van der Waals surface area contributed by atoms with Gasteiger partial charge < -0.3 is 16.0 Å². The van der Waals surface area contributed by atoms with Gasteiger partial charge in [-0.25, -0.2) is 0 Å². The first-order valence-corrected chi connectivity index (χ1v) is 7.19. The fourth-order valence-corrected chi connectivity index (χ4v) is 2.45. The van der Waals surface area contributed by atoms with E-state index in [4.69, 9.17) is 0 Å². The highest BCUT2D eigenvalue weighted by molar-refractivity contribution is 7.99. The fraction of sp³-hybridized carbons (Fsp3) is 0.818. The fourth-order valence-electron chi connectivity index (χ4n) is 1.51. The van der Waals surface area contributed by atoms with Gasteiger partial charge >= 0.3 is 0 Å². The Kier molecular flexibility index (Phi) is 6.36. The SMILES string of the molecule is CCCNC(=O)C(C)NC(=O)C1CSCCN1. The number of carbonyl (C=O) groups is 2. The number of thioether (sulfide) groups is 1. The summed E-state index contributed by atoms with van der Waals surface area (Å²) in [5, 5.41) is 8.63. The molecule has 1 saturated heterocycles. The summed E-state index contributed by atoms with van der Waals surface area (Å²) in [5.74, 6) is 1.60. The Morgan fingerprint density at radius 3 is 2.88 bits per heavy atom. The van der Waals surface area contributed by atoms with Crippen molar-refractivity contribution in [3.63, 3.8) is 0 Å². The molecule has 0 saturated carbocycles. The van der Waals surface area contributed by atoms with Gasteiger partial charge in [-0.05, 0) is 13.3 Å². The summed E-state index contributed by atoms with van der Waals surface area (Å²) in [5.41, 5.74) is 0. The number of nitrogens with one attached hydrogen (secondary N) is 3. The third-order valence-corrected chi connectivity index (χ3v) is 3.60. The molecule has 1 fully saturated rings. The monoisotopic (exact) mass is 259 g/mol. The van der Waals surface area contributed by atoms with Gasteiger partial charge in [0.15, 0.2) is 0 Å². The Morgan fingerprint density at radius 2 is 2.29 bits per heavy atom. The predicted molar refractivity (Wildman–Crippen MR) is 70.0 cm³/mol. The maximum Gasteiger partial charge on any atom is 0.242 e. The number of hydrogen-bond acceptors (Lipinski definition) is 4. The molecule has 0 aromatic heterocycles. The van der Waals surface area contributed by atoms with Crippen molar-refractivity contribution >= 4 is 23.6 Å². The van der Waals surface area contributed by atoms with E-state index in [-0.39, 0.29) is 17.9 Å². The van der Waals surface area contributed by atoms with Crippen LogP contribution < -0.4 is 16.0 Å². The van der Waals surface area contributed by atoms with Gasteiger partial charge in [0, 0.05) is 24.6 Å².